The van der Waals surface area contributed by atoms with Gasteiger partial charge in [-0.05, 0) is 31.0 Å². The van der Waals surface area contributed by atoms with E-state index in [-0.39, 0.29) is 5.91 Å². The van der Waals surface area contributed by atoms with Crippen molar-refractivity contribution >= 4 is 34.2 Å². The quantitative estimate of drug-likeness (QED) is 0.345. The van der Waals surface area contributed by atoms with E-state index in [1.165, 1.54) is 0 Å². The van der Waals surface area contributed by atoms with E-state index in [9.17, 15) is 4.79 Å². The van der Waals surface area contributed by atoms with Gasteiger partial charge in [-0.2, -0.15) is 5.10 Å². The number of fused-ring (bicyclic) bond motifs is 1. The van der Waals surface area contributed by atoms with Crippen LogP contribution in [-0.4, -0.2) is 43.9 Å². The molecule has 0 fully saturated rings. The molecule has 0 saturated carbocycles. The average molecular weight is 468 g/mol. The predicted molar refractivity (Wildman–Crippen MR) is 128 cm³/mol. The number of aromatic nitrogens is 5. The zero-order chi connectivity index (χ0) is 23.2. The van der Waals surface area contributed by atoms with Crippen LogP contribution in [0.1, 0.15) is 29.3 Å². The molecule has 4 rings (SSSR count). The minimum atomic E-state index is -0.186. The largest absolute Gasteiger partial charge is 0.495 e. The zero-order valence-corrected chi connectivity index (χ0v) is 19.3. The van der Waals surface area contributed by atoms with Gasteiger partial charge in [-0.3, -0.25) is 4.79 Å². The van der Waals surface area contributed by atoms with Crippen LogP contribution < -0.4 is 15.4 Å². The van der Waals surface area contributed by atoms with Crippen LogP contribution in [0.15, 0.2) is 49.3 Å². The number of hydrogen-bond donors (Lipinski definition) is 2. The fourth-order valence-corrected chi connectivity index (χ4v) is 3.89. The monoisotopic (exact) mass is 467 g/mol. The highest BCUT2D eigenvalue weighted by Gasteiger charge is 2.18. The third-order valence-electron chi connectivity index (χ3n) is 5.33. The summed E-state index contributed by atoms with van der Waals surface area (Å²) in [4.78, 5) is 21.6. The lowest BCUT2D eigenvalue weighted by Gasteiger charge is -2.14. The van der Waals surface area contributed by atoms with Crippen molar-refractivity contribution in [2.45, 2.75) is 33.0 Å². The van der Waals surface area contributed by atoms with Gasteiger partial charge in [0, 0.05) is 44.8 Å². The van der Waals surface area contributed by atoms with Gasteiger partial charge in [-0.1, -0.05) is 17.7 Å². The molecule has 3 heterocycles. The summed E-state index contributed by atoms with van der Waals surface area (Å²) in [5.41, 5.74) is 2.85. The number of pyridine rings is 1. The van der Waals surface area contributed by atoms with E-state index >= 15 is 0 Å². The summed E-state index contributed by atoms with van der Waals surface area (Å²) in [6, 6.07) is 5.60. The number of rotatable bonds is 10. The lowest BCUT2D eigenvalue weighted by molar-refractivity contribution is 0.0953. The van der Waals surface area contributed by atoms with Crippen molar-refractivity contribution in [1.82, 2.24) is 29.6 Å². The number of carbonyl (C=O) groups is 1. The van der Waals surface area contributed by atoms with Crippen LogP contribution in [-0.2, 0) is 19.6 Å². The van der Waals surface area contributed by atoms with E-state index in [0.717, 1.165) is 29.6 Å². The number of imidazole rings is 1. The molecule has 10 heteroatoms. The topological polar surface area (TPSA) is 98.9 Å². The van der Waals surface area contributed by atoms with Gasteiger partial charge in [0.2, 0.25) is 0 Å². The van der Waals surface area contributed by atoms with Gasteiger partial charge in [0.1, 0.15) is 5.75 Å². The Labute approximate surface area is 196 Å². The molecule has 1 aromatic carbocycles. The van der Waals surface area contributed by atoms with Crippen molar-refractivity contribution in [1.29, 1.82) is 0 Å². The van der Waals surface area contributed by atoms with E-state index in [1.807, 2.05) is 35.9 Å². The SMILES string of the molecule is CCn1ncc2c(NCc3ccc(OC)c(Cl)c3)c(C(=O)NCCCn3ccnc3)cnc21. The predicted octanol–water partition coefficient (Wildman–Crippen LogP) is 3.74. The minimum absolute atomic E-state index is 0.186. The third-order valence-corrected chi connectivity index (χ3v) is 5.63. The number of nitrogens with zero attached hydrogens (tertiary/aromatic N) is 5. The highest BCUT2D eigenvalue weighted by atomic mass is 35.5. The number of carbonyl (C=O) groups excluding carboxylic acids is 1. The maximum Gasteiger partial charge on any atom is 0.254 e. The summed E-state index contributed by atoms with van der Waals surface area (Å²) in [7, 11) is 1.58. The second-order valence-corrected chi connectivity index (χ2v) is 7.88. The molecule has 172 valence electrons. The number of halogens is 1. The van der Waals surface area contributed by atoms with Crippen LogP contribution in [0.4, 0.5) is 5.69 Å². The van der Waals surface area contributed by atoms with Crippen molar-refractivity contribution in [3.8, 4) is 5.75 Å². The molecule has 3 aromatic heterocycles. The Morgan fingerprint density at radius 1 is 1.27 bits per heavy atom. The summed E-state index contributed by atoms with van der Waals surface area (Å²) >= 11 is 6.27. The lowest BCUT2D eigenvalue weighted by atomic mass is 10.1. The van der Waals surface area contributed by atoms with Gasteiger partial charge in [-0.15, -0.1) is 0 Å². The van der Waals surface area contributed by atoms with Gasteiger partial charge < -0.3 is 19.9 Å². The number of methoxy groups -OCH3 is 1. The molecule has 4 aromatic rings. The van der Waals surface area contributed by atoms with Crippen molar-refractivity contribution in [2.24, 2.45) is 0 Å². The van der Waals surface area contributed by atoms with Gasteiger partial charge >= 0.3 is 0 Å². The molecule has 0 unspecified atom stereocenters. The zero-order valence-electron chi connectivity index (χ0n) is 18.6. The summed E-state index contributed by atoms with van der Waals surface area (Å²) in [5, 5.41) is 12.1. The number of aryl methyl sites for hydroxylation is 2. The fraction of sp³-hybridized carbons (Fsp3) is 0.304. The Bertz CT molecular complexity index is 1240. The van der Waals surface area contributed by atoms with Crippen LogP contribution in [0, 0.1) is 0 Å². The van der Waals surface area contributed by atoms with E-state index in [2.05, 4.69) is 25.7 Å². The molecule has 0 atom stereocenters. The molecule has 0 aliphatic rings. The first-order chi connectivity index (χ1) is 16.1. The highest BCUT2D eigenvalue weighted by Crippen LogP contribution is 2.28. The Hall–Kier alpha value is -3.59. The molecule has 1 amide bonds. The molecule has 9 nitrogen and oxygen atoms in total. The molecular weight excluding hydrogens is 442 g/mol. The Morgan fingerprint density at radius 3 is 2.88 bits per heavy atom. The summed E-state index contributed by atoms with van der Waals surface area (Å²) in [6.45, 7) is 4.48. The van der Waals surface area contributed by atoms with Crippen molar-refractivity contribution < 1.29 is 9.53 Å². The van der Waals surface area contributed by atoms with Crippen molar-refractivity contribution in [3.63, 3.8) is 0 Å². The van der Waals surface area contributed by atoms with Crippen LogP contribution in [0.3, 0.4) is 0 Å². The van der Waals surface area contributed by atoms with Gasteiger partial charge in [0.15, 0.2) is 5.65 Å². The molecule has 0 aliphatic carbocycles. The molecule has 0 saturated heterocycles. The first kappa shape index (κ1) is 22.6. The maximum absolute atomic E-state index is 13.0. The molecule has 0 bridgehead atoms. The Balaban J connectivity index is 1.53. The summed E-state index contributed by atoms with van der Waals surface area (Å²) in [6.07, 6.45) is 9.54. The maximum atomic E-state index is 13.0. The van der Waals surface area contributed by atoms with Gasteiger partial charge in [-0.25, -0.2) is 14.6 Å². The second-order valence-electron chi connectivity index (χ2n) is 7.48. The molecule has 0 aliphatic heterocycles. The summed E-state index contributed by atoms with van der Waals surface area (Å²) < 4.78 is 9.01. The molecule has 0 spiro atoms. The van der Waals surface area contributed by atoms with Crippen LogP contribution in [0.25, 0.3) is 11.0 Å². The first-order valence-corrected chi connectivity index (χ1v) is 11.1. The van der Waals surface area contributed by atoms with Crippen molar-refractivity contribution in [2.75, 3.05) is 19.0 Å². The normalized spacial score (nSPS) is 11.0. The smallest absolute Gasteiger partial charge is 0.254 e. The molecule has 0 radical (unpaired) electrons. The fourth-order valence-electron chi connectivity index (χ4n) is 3.61. The van der Waals surface area contributed by atoms with Gasteiger partial charge in [0.25, 0.3) is 5.91 Å². The van der Waals surface area contributed by atoms with E-state index < -0.39 is 0 Å². The second kappa shape index (κ2) is 10.4. The minimum Gasteiger partial charge on any atom is -0.495 e. The van der Waals surface area contributed by atoms with Crippen LogP contribution >= 0.6 is 11.6 Å². The third kappa shape index (κ3) is 5.09. The van der Waals surface area contributed by atoms with Crippen LogP contribution in [0.2, 0.25) is 5.02 Å². The first-order valence-electron chi connectivity index (χ1n) is 10.8. The number of hydrogen-bond acceptors (Lipinski definition) is 6. The van der Waals surface area contributed by atoms with E-state index in [0.29, 0.717) is 41.7 Å². The Morgan fingerprint density at radius 2 is 2.15 bits per heavy atom. The van der Waals surface area contributed by atoms with Crippen LogP contribution in [0.5, 0.6) is 5.75 Å². The highest BCUT2D eigenvalue weighted by molar-refractivity contribution is 6.32. The molecular formula is C23H26ClN7O2. The number of amides is 1. The van der Waals surface area contributed by atoms with E-state index in [4.69, 9.17) is 16.3 Å². The number of nitrogens with one attached hydrogen (secondary N) is 2. The van der Waals surface area contributed by atoms with Crippen molar-refractivity contribution in [3.05, 3.63) is 65.5 Å². The average Bonchev–Trinajstić information content (AvgIpc) is 3.50. The molecule has 33 heavy (non-hydrogen) atoms. The van der Waals surface area contributed by atoms with E-state index in [1.54, 1.807) is 36.7 Å². The number of anilines is 1. The standard InChI is InChI=1S/C23H26ClN7O2/c1-3-31-22-17(14-29-31)21(27-12-16-5-6-20(33-2)19(24)11-16)18(13-28-22)23(32)26-7-4-9-30-10-8-25-15-30/h5-6,8,10-11,13-15H,3-4,7,9,12H2,1-2H3,(H,26,32)(H,27,28). The molecule has 2 N–H and O–H groups in total. The number of benzene rings is 1. The number of ether oxygens (including phenoxy) is 1. The Kier molecular flexibility index (Phi) is 7.09. The van der Waals surface area contributed by atoms with Gasteiger partial charge in [0.05, 0.1) is 41.3 Å². The lowest BCUT2D eigenvalue weighted by Crippen LogP contribution is -2.26. The summed E-state index contributed by atoms with van der Waals surface area (Å²) in [5.74, 6) is 0.432.